The summed E-state index contributed by atoms with van der Waals surface area (Å²) in [6.45, 7) is 1.58. The lowest BCUT2D eigenvalue weighted by molar-refractivity contribution is 0.103. The van der Waals surface area contributed by atoms with Crippen LogP contribution in [0.5, 0.6) is 5.75 Å². The summed E-state index contributed by atoms with van der Waals surface area (Å²) in [6, 6.07) is 13.1. The highest BCUT2D eigenvalue weighted by Crippen LogP contribution is 2.48. The van der Waals surface area contributed by atoms with Gasteiger partial charge in [-0.25, -0.2) is 0 Å². The second kappa shape index (κ2) is 5.93. The van der Waals surface area contributed by atoms with E-state index in [1.807, 2.05) is 44.4 Å². The third kappa shape index (κ3) is 2.57. The molecule has 0 amide bonds. The van der Waals surface area contributed by atoms with E-state index in [9.17, 15) is 9.90 Å². The zero-order valence-electron chi connectivity index (χ0n) is 14.3. The lowest BCUT2D eigenvalue weighted by Gasteiger charge is -2.28. The van der Waals surface area contributed by atoms with E-state index in [0.717, 1.165) is 46.9 Å². The maximum absolute atomic E-state index is 13.0. The van der Waals surface area contributed by atoms with Crippen LogP contribution in [0.2, 0.25) is 0 Å². The number of rotatable bonds is 4. The van der Waals surface area contributed by atoms with Gasteiger partial charge in [0.2, 0.25) is 0 Å². The zero-order chi connectivity index (χ0) is 17.6. The summed E-state index contributed by atoms with van der Waals surface area (Å²) in [7, 11) is 4.03. The highest BCUT2D eigenvalue weighted by atomic mass is 16.3. The number of anilines is 1. The Bertz CT molecular complexity index is 886. The molecule has 1 aliphatic heterocycles. The van der Waals surface area contributed by atoms with Crippen molar-refractivity contribution in [3.8, 4) is 5.75 Å². The standard InChI is InChI=1S/C20H21N3O2/c1-23(2)10-9-21-20-18-17(13-5-3-4-6-14(13)19(18)25)15-8-7-12(24)11-16(15)22-20/h3-8,11,17,21-22,24H,9-10H2,1-2H3. The fourth-order valence-electron chi connectivity index (χ4n) is 3.62. The number of fused-ring (bicyclic) bond motifs is 5. The molecule has 0 aromatic heterocycles. The van der Waals surface area contributed by atoms with Gasteiger partial charge in [-0.05, 0) is 31.3 Å². The molecule has 25 heavy (non-hydrogen) atoms. The number of benzene rings is 2. The van der Waals surface area contributed by atoms with E-state index in [4.69, 9.17) is 0 Å². The minimum Gasteiger partial charge on any atom is -0.508 e. The Kier molecular flexibility index (Phi) is 3.73. The van der Waals surface area contributed by atoms with Gasteiger partial charge in [0.05, 0.1) is 5.57 Å². The predicted molar refractivity (Wildman–Crippen MR) is 97.9 cm³/mol. The van der Waals surface area contributed by atoms with Crippen LogP contribution in [0.15, 0.2) is 53.9 Å². The summed E-state index contributed by atoms with van der Waals surface area (Å²) in [5.41, 5.74) is 4.41. The van der Waals surface area contributed by atoms with Crippen molar-refractivity contribution in [2.75, 3.05) is 32.5 Å². The van der Waals surface area contributed by atoms with Crippen LogP contribution < -0.4 is 10.6 Å². The molecular weight excluding hydrogens is 314 g/mol. The van der Waals surface area contributed by atoms with Crippen molar-refractivity contribution in [2.45, 2.75) is 5.92 Å². The number of nitrogens with one attached hydrogen (secondary N) is 2. The largest absolute Gasteiger partial charge is 0.508 e. The van der Waals surface area contributed by atoms with Crippen molar-refractivity contribution in [1.82, 2.24) is 10.2 Å². The minimum atomic E-state index is -0.0950. The van der Waals surface area contributed by atoms with Crippen LogP contribution in [-0.4, -0.2) is 43.0 Å². The molecule has 0 saturated heterocycles. The average Bonchev–Trinajstić information content (AvgIpc) is 2.88. The van der Waals surface area contributed by atoms with Crippen LogP contribution in [0.25, 0.3) is 0 Å². The first-order valence-corrected chi connectivity index (χ1v) is 8.42. The van der Waals surface area contributed by atoms with Gasteiger partial charge in [0.1, 0.15) is 11.6 Å². The molecule has 1 atom stereocenters. The normalized spacial score (nSPS) is 17.9. The maximum Gasteiger partial charge on any atom is 0.193 e. The summed E-state index contributed by atoms with van der Waals surface area (Å²) in [5.74, 6) is 0.924. The lowest BCUT2D eigenvalue weighted by atomic mass is 9.86. The monoisotopic (exact) mass is 335 g/mol. The smallest absolute Gasteiger partial charge is 0.193 e. The van der Waals surface area contributed by atoms with Crippen molar-refractivity contribution >= 4 is 11.5 Å². The molecule has 0 spiro atoms. The summed E-state index contributed by atoms with van der Waals surface area (Å²) in [4.78, 5) is 15.1. The molecule has 0 fully saturated rings. The number of phenols is 1. The van der Waals surface area contributed by atoms with Crippen LogP contribution in [-0.2, 0) is 0 Å². The molecule has 2 aromatic rings. The molecule has 0 radical (unpaired) electrons. The molecule has 5 nitrogen and oxygen atoms in total. The average molecular weight is 335 g/mol. The topological polar surface area (TPSA) is 64.6 Å². The Labute approximate surface area is 147 Å². The fourth-order valence-corrected chi connectivity index (χ4v) is 3.62. The van der Waals surface area contributed by atoms with E-state index in [0.29, 0.717) is 0 Å². The molecule has 3 N–H and O–H groups in total. The predicted octanol–water partition coefficient (Wildman–Crippen LogP) is 2.51. The Morgan fingerprint density at radius 3 is 2.76 bits per heavy atom. The highest BCUT2D eigenvalue weighted by molar-refractivity contribution is 6.16. The Balaban J connectivity index is 1.82. The molecule has 0 saturated carbocycles. The van der Waals surface area contributed by atoms with Crippen LogP contribution in [0, 0.1) is 0 Å². The van der Waals surface area contributed by atoms with Crippen molar-refractivity contribution in [3.63, 3.8) is 0 Å². The van der Waals surface area contributed by atoms with Gasteiger partial charge in [0, 0.05) is 36.3 Å². The molecule has 5 heteroatoms. The third-order valence-corrected chi connectivity index (χ3v) is 4.79. The quantitative estimate of drug-likeness (QED) is 0.801. The number of likely N-dealkylation sites (N-methyl/N-ethyl adjacent to an activating group) is 1. The molecule has 0 bridgehead atoms. The summed E-state index contributed by atoms with van der Waals surface area (Å²) in [5, 5.41) is 16.6. The first-order chi connectivity index (χ1) is 12.1. The second-order valence-corrected chi connectivity index (χ2v) is 6.76. The highest BCUT2D eigenvalue weighted by Gasteiger charge is 2.41. The zero-order valence-corrected chi connectivity index (χ0v) is 14.3. The first-order valence-electron chi connectivity index (χ1n) is 8.42. The van der Waals surface area contributed by atoms with Gasteiger partial charge in [-0.2, -0.15) is 0 Å². The van der Waals surface area contributed by atoms with Gasteiger partial charge >= 0.3 is 0 Å². The number of hydrogen-bond donors (Lipinski definition) is 3. The van der Waals surface area contributed by atoms with Crippen LogP contribution in [0.1, 0.15) is 27.4 Å². The van der Waals surface area contributed by atoms with E-state index >= 15 is 0 Å². The molecule has 4 rings (SSSR count). The molecule has 2 aromatic carbocycles. The van der Waals surface area contributed by atoms with E-state index < -0.39 is 0 Å². The number of carbonyl (C=O) groups excluding carboxylic acids is 1. The van der Waals surface area contributed by atoms with E-state index in [-0.39, 0.29) is 17.5 Å². The van der Waals surface area contributed by atoms with Crippen molar-refractivity contribution in [2.24, 2.45) is 0 Å². The van der Waals surface area contributed by atoms with E-state index in [2.05, 4.69) is 15.5 Å². The second-order valence-electron chi connectivity index (χ2n) is 6.76. The number of hydrogen-bond acceptors (Lipinski definition) is 5. The number of carbonyl (C=O) groups is 1. The summed E-state index contributed by atoms with van der Waals surface area (Å²) >= 11 is 0. The summed E-state index contributed by atoms with van der Waals surface area (Å²) < 4.78 is 0. The third-order valence-electron chi connectivity index (χ3n) is 4.79. The van der Waals surface area contributed by atoms with Gasteiger partial charge in [-0.1, -0.05) is 30.3 Å². The lowest BCUT2D eigenvalue weighted by Crippen LogP contribution is -2.33. The van der Waals surface area contributed by atoms with Crippen LogP contribution in [0.3, 0.4) is 0 Å². The van der Waals surface area contributed by atoms with Gasteiger partial charge in [-0.3, -0.25) is 4.79 Å². The number of nitrogens with zero attached hydrogens (tertiary/aromatic N) is 1. The first kappa shape index (κ1) is 15.7. The number of aromatic hydroxyl groups is 1. The maximum atomic E-state index is 13.0. The number of phenolic OH excluding ortho intramolecular Hbond substituents is 1. The Morgan fingerprint density at radius 1 is 1.16 bits per heavy atom. The SMILES string of the molecule is CN(C)CCNC1=C2C(=O)c3ccccc3C2c2ccc(O)cc2N1. The van der Waals surface area contributed by atoms with Gasteiger partial charge < -0.3 is 20.6 Å². The van der Waals surface area contributed by atoms with E-state index in [1.165, 1.54) is 0 Å². The van der Waals surface area contributed by atoms with Gasteiger partial charge in [0.15, 0.2) is 5.78 Å². The van der Waals surface area contributed by atoms with Crippen LogP contribution in [0.4, 0.5) is 5.69 Å². The molecule has 128 valence electrons. The van der Waals surface area contributed by atoms with Crippen molar-refractivity contribution in [1.29, 1.82) is 0 Å². The van der Waals surface area contributed by atoms with Gasteiger partial charge in [0.25, 0.3) is 0 Å². The summed E-state index contributed by atoms with van der Waals surface area (Å²) in [6.07, 6.45) is 0. The molecule has 1 heterocycles. The van der Waals surface area contributed by atoms with Crippen molar-refractivity contribution in [3.05, 3.63) is 70.5 Å². The van der Waals surface area contributed by atoms with Gasteiger partial charge in [-0.15, -0.1) is 0 Å². The molecule has 2 aliphatic rings. The number of allylic oxidation sites excluding steroid dienone is 1. The minimum absolute atomic E-state index is 0.0687. The Hall–Kier alpha value is -2.79. The number of ketones is 1. The van der Waals surface area contributed by atoms with Crippen molar-refractivity contribution < 1.29 is 9.90 Å². The van der Waals surface area contributed by atoms with E-state index in [1.54, 1.807) is 12.1 Å². The molecule has 1 aliphatic carbocycles. The fraction of sp³-hybridized carbons (Fsp3) is 0.250. The number of Topliss-reactive ketones (excluding diaryl/α,β-unsaturated/α-hetero) is 1. The Morgan fingerprint density at radius 2 is 1.96 bits per heavy atom. The van der Waals surface area contributed by atoms with Crippen LogP contribution >= 0.6 is 0 Å². The molecular formula is C20H21N3O2. The molecule has 1 unspecified atom stereocenters.